The first-order valence-electron chi connectivity index (χ1n) is 8.52. The Bertz CT molecular complexity index is 518. The summed E-state index contributed by atoms with van der Waals surface area (Å²) in [5, 5.41) is 5.89. The van der Waals surface area contributed by atoms with Gasteiger partial charge in [0.05, 0.1) is 12.2 Å². The van der Waals surface area contributed by atoms with Crippen LogP contribution in [0.2, 0.25) is 0 Å². The van der Waals surface area contributed by atoms with Crippen molar-refractivity contribution in [1.29, 1.82) is 0 Å². The van der Waals surface area contributed by atoms with Gasteiger partial charge in [0.25, 0.3) is 0 Å². The molecule has 1 aliphatic rings. The van der Waals surface area contributed by atoms with E-state index in [0.29, 0.717) is 18.4 Å². The standard InChI is InChI=1S/C18H27N3O2/c1-13-6-5-8-16(14(13)2)21-18(23)10-9-17(22)20-12-15-7-3-4-11-19-15/h3-4,7,11,13-14,16H,5-6,8-10,12H2,1-2H3,(H,20,22)(H,21,23)/t13-,14-,16+/m1/s1. The van der Waals surface area contributed by atoms with Gasteiger partial charge in [-0.2, -0.15) is 0 Å². The van der Waals surface area contributed by atoms with Crippen LogP contribution in [0.3, 0.4) is 0 Å². The summed E-state index contributed by atoms with van der Waals surface area (Å²) in [4.78, 5) is 28.0. The summed E-state index contributed by atoms with van der Waals surface area (Å²) >= 11 is 0. The fraction of sp³-hybridized carbons (Fsp3) is 0.611. The molecule has 3 atom stereocenters. The maximum Gasteiger partial charge on any atom is 0.220 e. The number of aromatic nitrogens is 1. The lowest BCUT2D eigenvalue weighted by Crippen LogP contribution is -2.43. The SMILES string of the molecule is C[C@@H]1[C@H](C)CCC[C@@H]1NC(=O)CCC(=O)NCc1ccccn1. The summed E-state index contributed by atoms with van der Waals surface area (Å²) in [7, 11) is 0. The number of nitrogens with one attached hydrogen (secondary N) is 2. The molecule has 5 nitrogen and oxygen atoms in total. The van der Waals surface area contributed by atoms with Crippen molar-refractivity contribution in [2.75, 3.05) is 0 Å². The minimum absolute atomic E-state index is 0.0241. The highest BCUT2D eigenvalue weighted by atomic mass is 16.2. The Morgan fingerprint density at radius 2 is 1.96 bits per heavy atom. The number of pyridine rings is 1. The molecule has 0 bridgehead atoms. The van der Waals surface area contributed by atoms with E-state index in [1.54, 1.807) is 6.20 Å². The minimum Gasteiger partial charge on any atom is -0.353 e. The second kappa shape index (κ2) is 8.65. The normalized spacial score (nSPS) is 24.0. The highest BCUT2D eigenvalue weighted by Crippen LogP contribution is 2.29. The number of rotatable bonds is 6. The first kappa shape index (κ1) is 17.4. The van der Waals surface area contributed by atoms with Crippen LogP contribution in [0.15, 0.2) is 24.4 Å². The third kappa shape index (κ3) is 5.66. The van der Waals surface area contributed by atoms with Gasteiger partial charge in [0, 0.05) is 25.1 Å². The Morgan fingerprint density at radius 3 is 2.70 bits per heavy atom. The van der Waals surface area contributed by atoms with Crippen molar-refractivity contribution in [2.45, 2.75) is 58.5 Å². The van der Waals surface area contributed by atoms with E-state index in [4.69, 9.17) is 0 Å². The van der Waals surface area contributed by atoms with Crippen molar-refractivity contribution in [3.63, 3.8) is 0 Å². The molecule has 0 unspecified atom stereocenters. The van der Waals surface area contributed by atoms with Crippen molar-refractivity contribution in [1.82, 2.24) is 15.6 Å². The van der Waals surface area contributed by atoms with Crippen LogP contribution >= 0.6 is 0 Å². The molecule has 0 aliphatic heterocycles. The van der Waals surface area contributed by atoms with Gasteiger partial charge in [-0.25, -0.2) is 0 Å². The molecule has 5 heteroatoms. The average molecular weight is 317 g/mol. The summed E-state index contributed by atoms with van der Waals surface area (Å²) in [6.45, 7) is 4.85. The Balaban J connectivity index is 1.66. The number of hydrogen-bond donors (Lipinski definition) is 2. The van der Waals surface area contributed by atoms with Crippen molar-refractivity contribution in [3.05, 3.63) is 30.1 Å². The zero-order valence-corrected chi connectivity index (χ0v) is 14.0. The predicted molar refractivity (Wildman–Crippen MR) is 89.4 cm³/mol. The van der Waals surface area contributed by atoms with E-state index in [0.717, 1.165) is 12.1 Å². The molecule has 0 spiro atoms. The molecule has 0 radical (unpaired) electrons. The molecule has 0 saturated heterocycles. The van der Waals surface area contributed by atoms with Crippen LogP contribution < -0.4 is 10.6 Å². The number of nitrogens with zero attached hydrogens (tertiary/aromatic N) is 1. The summed E-state index contributed by atoms with van der Waals surface area (Å²) in [6.07, 6.45) is 5.61. The highest BCUT2D eigenvalue weighted by molar-refractivity contribution is 5.83. The van der Waals surface area contributed by atoms with E-state index in [-0.39, 0.29) is 30.7 Å². The molecular formula is C18H27N3O2. The van der Waals surface area contributed by atoms with Gasteiger partial charge in [0.15, 0.2) is 0 Å². The summed E-state index contributed by atoms with van der Waals surface area (Å²) in [5.74, 6) is 1.02. The topological polar surface area (TPSA) is 71.1 Å². The molecule has 1 fully saturated rings. The molecule has 1 aromatic rings. The zero-order valence-electron chi connectivity index (χ0n) is 14.0. The van der Waals surface area contributed by atoms with Gasteiger partial charge in [-0.1, -0.05) is 32.8 Å². The van der Waals surface area contributed by atoms with Crippen molar-refractivity contribution in [2.24, 2.45) is 11.8 Å². The predicted octanol–water partition coefficient (Wildman–Crippen LogP) is 2.42. The lowest BCUT2D eigenvalue weighted by molar-refractivity contribution is -0.127. The first-order chi connectivity index (χ1) is 11.1. The van der Waals surface area contributed by atoms with E-state index in [1.807, 2.05) is 18.2 Å². The molecule has 2 amide bonds. The number of hydrogen-bond acceptors (Lipinski definition) is 3. The van der Waals surface area contributed by atoms with Gasteiger partial charge >= 0.3 is 0 Å². The Morgan fingerprint density at radius 1 is 1.17 bits per heavy atom. The fourth-order valence-corrected chi connectivity index (χ4v) is 3.07. The smallest absolute Gasteiger partial charge is 0.220 e. The van der Waals surface area contributed by atoms with Gasteiger partial charge < -0.3 is 10.6 Å². The quantitative estimate of drug-likeness (QED) is 0.846. The van der Waals surface area contributed by atoms with E-state index < -0.39 is 0 Å². The summed E-state index contributed by atoms with van der Waals surface area (Å²) in [5.41, 5.74) is 0.815. The third-order valence-corrected chi connectivity index (χ3v) is 4.83. The van der Waals surface area contributed by atoms with Gasteiger partial charge in [-0.3, -0.25) is 14.6 Å². The average Bonchev–Trinajstić information content (AvgIpc) is 2.56. The molecule has 2 N–H and O–H groups in total. The Labute approximate surface area is 138 Å². The van der Waals surface area contributed by atoms with Crippen molar-refractivity contribution in [3.8, 4) is 0 Å². The van der Waals surface area contributed by atoms with Crippen LogP contribution in [0.4, 0.5) is 0 Å². The molecule has 2 rings (SSSR count). The Kier molecular flexibility index (Phi) is 6.56. The highest BCUT2D eigenvalue weighted by Gasteiger charge is 2.27. The molecule has 1 aliphatic carbocycles. The molecule has 1 heterocycles. The van der Waals surface area contributed by atoms with Gasteiger partial charge in [0.1, 0.15) is 0 Å². The molecular weight excluding hydrogens is 290 g/mol. The molecule has 126 valence electrons. The van der Waals surface area contributed by atoms with Crippen LogP contribution in [-0.4, -0.2) is 22.8 Å². The number of amides is 2. The molecule has 1 saturated carbocycles. The lowest BCUT2D eigenvalue weighted by Gasteiger charge is -2.34. The number of carbonyl (C=O) groups excluding carboxylic acids is 2. The van der Waals surface area contributed by atoms with E-state index >= 15 is 0 Å². The summed E-state index contributed by atoms with van der Waals surface area (Å²) < 4.78 is 0. The second-order valence-electron chi connectivity index (χ2n) is 6.54. The lowest BCUT2D eigenvalue weighted by atomic mass is 9.78. The third-order valence-electron chi connectivity index (χ3n) is 4.83. The molecule has 23 heavy (non-hydrogen) atoms. The first-order valence-corrected chi connectivity index (χ1v) is 8.52. The van der Waals surface area contributed by atoms with E-state index in [2.05, 4.69) is 29.5 Å². The molecule has 0 aromatic carbocycles. The van der Waals surface area contributed by atoms with Gasteiger partial charge in [-0.15, -0.1) is 0 Å². The van der Waals surface area contributed by atoms with Gasteiger partial charge in [-0.05, 0) is 30.4 Å². The van der Waals surface area contributed by atoms with E-state index in [9.17, 15) is 9.59 Å². The summed E-state index contributed by atoms with van der Waals surface area (Å²) in [6, 6.07) is 5.83. The minimum atomic E-state index is -0.115. The second-order valence-corrected chi connectivity index (χ2v) is 6.54. The largest absolute Gasteiger partial charge is 0.353 e. The monoisotopic (exact) mass is 317 g/mol. The van der Waals surface area contributed by atoms with Crippen LogP contribution in [0.25, 0.3) is 0 Å². The molecule has 1 aromatic heterocycles. The Hall–Kier alpha value is -1.91. The van der Waals surface area contributed by atoms with Crippen LogP contribution in [-0.2, 0) is 16.1 Å². The van der Waals surface area contributed by atoms with Gasteiger partial charge in [0.2, 0.25) is 11.8 Å². The van der Waals surface area contributed by atoms with Crippen LogP contribution in [0, 0.1) is 11.8 Å². The van der Waals surface area contributed by atoms with Crippen molar-refractivity contribution < 1.29 is 9.59 Å². The zero-order chi connectivity index (χ0) is 16.7. The van der Waals surface area contributed by atoms with E-state index in [1.165, 1.54) is 12.8 Å². The van der Waals surface area contributed by atoms with Crippen LogP contribution in [0.1, 0.15) is 51.6 Å². The maximum atomic E-state index is 12.0. The number of carbonyl (C=O) groups is 2. The van der Waals surface area contributed by atoms with Crippen molar-refractivity contribution >= 4 is 11.8 Å². The van der Waals surface area contributed by atoms with Crippen LogP contribution in [0.5, 0.6) is 0 Å². The fourth-order valence-electron chi connectivity index (χ4n) is 3.07. The maximum absolute atomic E-state index is 12.0.